The second-order valence-corrected chi connectivity index (χ2v) is 6.11. The molecule has 0 aliphatic carbocycles. The molecule has 27 heavy (non-hydrogen) atoms. The number of anilines is 1. The second kappa shape index (κ2) is 11.6. The highest BCUT2D eigenvalue weighted by molar-refractivity contribution is 7.99. The summed E-state index contributed by atoms with van der Waals surface area (Å²) in [5.74, 6) is -0.909. The van der Waals surface area contributed by atoms with Gasteiger partial charge in [0.2, 0.25) is 0 Å². The van der Waals surface area contributed by atoms with Gasteiger partial charge >= 0.3 is 5.97 Å². The van der Waals surface area contributed by atoms with Crippen LogP contribution < -0.4 is 4.72 Å². The summed E-state index contributed by atoms with van der Waals surface area (Å²) in [6, 6.07) is 13.9. The highest BCUT2D eigenvalue weighted by Crippen LogP contribution is 2.31. The van der Waals surface area contributed by atoms with E-state index in [4.69, 9.17) is 11.6 Å². The number of nitrogens with one attached hydrogen (secondary N) is 1. The van der Waals surface area contributed by atoms with E-state index in [0.29, 0.717) is 10.6 Å². The predicted octanol–water partition coefficient (Wildman–Crippen LogP) is 6.71. The fraction of sp³-hybridized carbons (Fsp3) is 0.286. The Kier molecular flexibility index (Phi) is 9.83. The quantitative estimate of drug-likeness (QED) is 0.462. The molecular weight excluding hydrogens is 380 g/mol. The zero-order valence-corrected chi connectivity index (χ0v) is 17.9. The van der Waals surface area contributed by atoms with Gasteiger partial charge in [-0.25, -0.2) is 4.79 Å². The minimum atomic E-state index is -0.909. The smallest absolute Gasteiger partial charge is 0.331 e. The molecule has 0 aliphatic rings. The van der Waals surface area contributed by atoms with E-state index in [2.05, 4.69) is 4.72 Å². The zero-order valence-electron chi connectivity index (χ0n) is 16.4. The number of carboxylic acid groups (broad SMARTS) is 1. The molecule has 2 aromatic carbocycles. The summed E-state index contributed by atoms with van der Waals surface area (Å²) in [6.45, 7) is 8.00. The summed E-state index contributed by atoms with van der Waals surface area (Å²) >= 11 is 7.41. The van der Waals surface area contributed by atoms with E-state index in [1.54, 1.807) is 28.8 Å². The van der Waals surface area contributed by atoms with E-state index >= 15 is 0 Å². The summed E-state index contributed by atoms with van der Waals surface area (Å²) in [5.41, 5.74) is 2.52. The van der Waals surface area contributed by atoms with Gasteiger partial charge in [-0.3, -0.25) is 0 Å². The van der Waals surface area contributed by atoms with Crippen LogP contribution in [0.15, 0.2) is 54.7 Å². The Morgan fingerprint density at radius 1 is 1.07 bits per heavy atom. The van der Waals surface area contributed by atoms with Crippen molar-refractivity contribution in [3.05, 3.63) is 65.3 Å². The van der Waals surface area contributed by atoms with Crippen LogP contribution in [-0.2, 0) is 4.79 Å². The first kappa shape index (κ1) is 22.9. The zero-order chi connectivity index (χ0) is 20.4. The molecule has 1 atom stereocenters. The number of benzene rings is 2. The van der Waals surface area contributed by atoms with Crippen LogP contribution in [0.25, 0.3) is 10.9 Å². The molecule has 0 amide bonds. The maximum atomic E-state index is 11.9. The number of aromatic nitrogens is 1. The lowest BCUT2D eigenvalue weighted by atomic mass is 10.1. The number of hydrogen-bond donors (Lipinski definition) is 2. The van der Waals surface area contributed by atoms with Crippen LogP contribution in [0, 0.1) is 0 Å². The Balaban J connectivity index is 0.000000855. The lowest BCUT2D eigenvalue weighted by Gasteiger charge is -2.17. The molecule has 0 fully saturated rings. The van der Waals surface area contributed by atoms with Crippen LogP contribution in [0.4, 0.5) is 5.69 Å². The fourth-order valence-electron chi connectivity index (χ4n) is 2.68. The molecule has 1 aromatic heterocycles. The third-order valence-electron chi connectivity index (χ3n) is 3.67. The molecule has 4 nitrogen and oxygen atoms in total. The predicted molar refractivity (Wildman–Crippen MR) is 119 cm³/mol. The van der Waals surface area contributed by atoms with Gasteiger partial charge in [-0.2, -0.15) is 0 Å². The number of halogens is 1. The first-order chi connectivity index (χ1) is 13.1. The Morgan fingerprint density at radius 3 is 2.26 bits per heavy atom. The number of aliphatic carboxylic acids is 1. The van der Waals surface area contributed by atoms with Crippen molar-refractivity contribution < 1.29 is 9.90 Å². The van der Waals surface area contributed by atoms with Crippen molar-refractivity contribution in [1.29, 1.82) is 0 Å². The first-order valence-corrected chi connectivity index (χ1v) is 10.6. The Hall–Kier alpha value is -2.11. The lowest BCUT2D eigenvalue weighted by molar-refractivity contribution is -0.139. The van der Waals surface area contributed by atoms with E-state index in [1.807, 2.05) is 64.4 Å². The molecule has 3 aromatic rings. The SMILES string of the molecule is CC.CC.CSNc1cccc2c1ccn2C(C(=O)O)c1ccc(Cl)cc1. The number of carbonyl (C=O) groups is 1. The van der Waals surface area contributed by atoms with E-state index in [1.165, 1.54) is 11.9 Å². The van der Waals surface area contributed by atoms with Crippen molar-refractivity contribution in [3.8, 4) is 0 Å². The normalized spacial score (nSPS) is 10.9. The van der Waals surface area contributed by atoms with Gasteiger partial charge in [-0.15, -0.1) is 0 Å². The fourth-order valence-corrected chi connectivity index (χ4v) is 3.20. The van der Waals surface area contributed by atoms with Crippen LogP contribution >= 0.6 is 23.5 Å². The monoisotopic (exact) mass is 406 g/mol. The van der Waals surface area contributed by atoms with Gasteiger partial charge in [0.05, 0.1) is 11.2 Å². The van der Waals surface area contributed by atoms with Crippen LogP contribution in [0.2, 0.25) is 5.02 Å². The standard InChI is InChI=1S/C17H15ClN2O2S.2C2H6/c1-23-19-14-3-2-4-15-13(14)9-10-20(15)16(17(21)22)11-5-7-12(18)8-6-11;2*1-2/h2-10,16,19H,1H3,(H,21,22);2*1-2H3. The molecule has 0 bridgehead atoms. The molecular formula is C21H27ClN2O2S. The summed E-state index contributed by atoms with van der Waals surface area (Å²) in [7, 11) is 0. The van der Waals surface area contributed by atoms with Gasteiger partial charge in [0.25, 0.3) is 0 Å². The number of nitrogens with zero attached hydrogens (tertiary/aromatic N) is 1. The Bertz CT molecular complexity index is 847. The van der Waals surface area contributed by atoms with E-state index in [0.717, 1.165) is 16.6 Å². The van der Waals surface area contributed by atoms with Crippen LogP contribution in [0.3, 0.4) is 0 Å². The molecule has 0 spiro atoms. The molecule has 1 heterocycles. The first-order valence-electron chi connectivity index (χ1n) is 8.98. The summed E-state index contributed by atoms with van der Waals surface area (Å²) in [4.78, 5) is 11.9. The van der Waals surface area contributed by atoms with Gasteiger partial charge in [-0.05, 0) is 35.9 Å². The highest BCUT2D eigenvalue weighted by atomic mass is 35.5. The van der Waals surface area contributed by atoms with Gasteiger partial charge in [0.15, 0.2) is 6.04 Å². The average Bonchev–Trinajstić information content (AvgIpc) is 3.12. The minimum Gasteiger partial charge on any atom is -0.479 e. The van der Waals surface area contributed by atoms with Crippen molar-refractivity contribution in [2.24, 2.45) is 0 Å². The number of hydrogen-bond acceptors (Lipinski definition) is 3. The third kappa shape index (κ3) is 5.44. The second-order valence-electron chi connectivity index (χ2n) is 5.06. The minimum absolute atomic E-state index is 0.585. The Morgan fingerprint density at radius 2 is 1.70 bits per heavy atom. The third-order valence-corrected chi connectivity index (χ3v) is 4.35. The largest absolute Gasteiger partial charge is 0.479 e. The van der Waals surface area contributed by atoms with Gasteiger partial charge < -0.3 is 14.4 Å². The maximum absolute atomic E-state index is 11.9. The maximum Gasteiger partial charge on any atom is 0.331 e. The summed E-state index contributed by atoms with van der Waals surface area (Å²) in [5, 5.41) is 11.3. The van der Waals surface area contributed by atoms with E-state index in [-0.39, 0.29) is 0 Å². The summed E-state index contributed by atoms with van der Waals surface area (Å²) in [6.07, 6.45) is 3.76. The van der Waals surface area contributed by atoms with Crippen molar-refractivity contribution in [1.82, 2.24) is 4.57 Å². The number of carboxylic acids is 1. The van der Waals surface area contributed by atoms with Crippen LogP contribution in [-0.4, -0.2) is 21.9 Å². The van der Waals surface area contributed by atoms with Crippen LogP contribution in [0.1, 0.15) is 39.3 Å². The molecule has 2 N–H and O–H groups in total. The van der Waals surface area contributed by atoms with Gasteiger partial charge in [0, 0.05) is 22.9 Å². The number of fused-ring (bicyclic) bond motifs is 1. The van der Waals surface area contributed by atoms with E-state index in [9.17, 15) is 9.90 Å². The molecule has 1 unspecified atom stereocenters. The Labute approximate surface area is 170 Å². The van der Waals surface area contributed by atoms with Gasteiger partial charge in [0.1, 0.15) is 0 Å². The van der Waals surface area contributed by atoms with Crippen molar-refractivity contribution >= 4 is 46.1 Å². The molecule has 0 radical (unpaired) electrons. The number of rotatable bonds is 5. The molecule has 3 rings (SSSR count). The van der Waals surface area contributed by atoms with E-state index < -0.39 is 12.0 Å². The van der Waals surface area contributed by atoms with Crippen LogP contribution in [0.5, 0.6) is 0 Å². The van der Waals surface area contributed by atoms with Crippen molar-refractivity contribution in [3.63, 3.8) is 0 Å². The average molecular weight is 407 g/mol. The highest BCUT2D eigenvalue weighted by Gasteiger charge is 2.23. The van der Waals surface area contributed by atoms with Crippen molar-refractivity contribution in [2.45, 2.75) is 33.7 Å². The lowest BCUT2D eigenvalue weighted by Crippen LogP contribution is -2.19. The topological polar surface area (TPSA) is 54.3 Å². The molecule has 146 valence electrons. The summed E-state index contributed by atoms with van der Waals surface area (Å²) < 4.78 is 4.99. The molecule has 0 aliphatic heterocycles. The molecule has 0 saturated heterocycles. The van der Waals surface area contributed by atoms with Crippen molar-refractivity contribution in [2.75, 3.05) is 11.0 Å². The molecule has 0 saturated carbocycles. The molecule has 6 heteroatoms. The van der Waals surface area contributed by atoms with Gasteiger partial charge in [-0.1, -0.05) is 69.4 Å².